The van der Waals surface area contributed by atoms with Gasteiger partial charge < -0.3 is 4.74 Å². The second kappa shape index (κ2) is 6.58. The molecule has 0 amide bonds. The summed E-state index contributed by atoms with van der Waals surface area (Å²) in [6, 6.07) is 0. The van der Waals surface area contributed by atoms with Gasteiger partial charge in [-0.1, -0.05) is 6.58 Å². The van der Waals surface area contributed by atoms with Crippen LogP contribution in [0.15, 0.2) is 12.7 Å². The highest BCUT2D eigenvalue weighted by molar-refractivity contribution is 5.85. The maximum Gasteiger partial charge on any atom is 0.331 e. The lowest BCUT2D eigenvalue weighted by atomic mass is 10.7. The Hall–Kier alpha value is -0.540. The molecule has 0 atom stereocenters. The summed E-state index contributed by atoms with van der Waals surface area (Å²) < 4.78 is 4.62. The summed E-state index contributed by atoms with van der Waals surface area (Å²) in [6.45, 7) is 3.56. The number of carbonyl (C=O) groups excluding carboxylic acids is 1. The molecular formula is C6H12ClNO2. The van der Waals surface area contributed by atoms with Crippen LogP contribution in [0.3, 0.4) is 0 Å². The van der Waals surface area contributed by atoms with Crippen molar-refractivity contribution in [3.63, 3.8) is 0 Å². The smallest absolute Gasteiger partial charge is 0.331 e. The third-order valence-electron chi connectivity index (χ3n) is 0.632. The highest BCUT2D eigenvalue weighted by Gasteiger charge is 1.93. The fourth-order valence-electron chi connectivity index (χ4n) is 0.252. The number of hydrogen-bond acceptors (Lipinski definition) is 3. The van der Waals surface area contributed by atoms with Crippen molar-refractivity contribution in [2.75, 3.05) is 20.8 Å². The van der Waals surface area contributed by atoms with Crippen LogP contribution in [0, 0.1) is 0 Å². The molecule has 0 aliphatic heterocycles. The quantitative estimate of drug-likeness (QED) is 0.350. The van der Waals surface area contributed by atoms with Crippen molar-refractivity contribution in [3.05, 3.63) is 12.7 Å². The fraction of sp³-hybridized carbons (Fsp3) is 0.500. The summed E-state index contributed by atoms with van der Waals surface area (Å²) >= 11 is 0. The molecule has 3 nitrogen and oxygen atoms in total. The Bertz CT molecular complexity index is 114. The van der Waals surface area contributed by atoms with E-state index in [2.05, 4.69) is 11.3 Å². The van der Waals surface area contributed by atoms with Gasteiger partial charge in [0, 0.05) is 6.08 Å². The van der Waals surface area contributed by atoms with Crippen LogP contribution in [-0.4, -0.2) is 31.7 Å². The van der Waals surface area contributed by atoms with E-state index < -0.39 is 0 Å². The minimum atomic E-state index is -0.385. The predicted molar refractivity (Wildman–Crippen MR) is 42.1 cm³/mol. The third-order valence-corrected chi connectivity index (χ3v) is 0.632. The monoisotopic (exact) mass is 165 g/mol. The first-order valence-electron chi connectivity index (χ1n) is 2.60. The summed E-state index contributed by atoms with van der Waals surface area (Å²) in [7, 11) is 3.63. The van der Waals surface area contributed by atoms with Crippen LogP contribution in [0.5, 0.6) is 0 Å². The topological polar surface area (TPSA) is 29.5 Å². The van der Waals surface area contributed by atoms with E-state index in [0.717, 1.165) is 6.08 Å². The van der Waals surface area contributed by atoms with E-state index in [1.54, 1.807) is 4.90 Å². The molecule has 0 spiro atoms. The molecule has 4 heteroatoms. The summed E-state index contributed by atoms with van der Waals surface area (Å²) in [6.07, 6.45) is 1.14. The van der Waals surface area contributed by atoms with E-state index in [-0.39, 0.29) is 18.4 Å². The molecule has 0 aromatic heterocycles. The zero-order chi connectivity index (χ0) is 7.28. The molecule has 0 aromatic rings. The van der Waals surface area contributed by atoms with E-state index in [1.165, 1.54) is 0 Å². The molecule has 0 aliphatic carbocycles. The Kier molecular flexibility index (Phi) is 8.00. The maximum absolute atomic E-state index is 10.3. The summed E-state index contributed by atoms with van der Waals surface area (Å²) in [5.41, 5.74) is 0. The second-order valence-corrected chi connectivity index (χ2v) is 1.88. The van der Waals surface area contributed by atoms with Gasteiger partial charge >= 0.3 is 5.97 Å². The van der Waals surface area contributed by atoms with E-state index in [0.29, 0.717) is 6.73 Å². The van der Waals surface area contributed by atoms with Crippen molar-refractivity contribution < 1.29 is 9.53 Å². The highest BCUT2D eigenvalue weighted by Crippen LogP contribution is 1.80. The molecule has 0 saturated heterocycles. The lowest BCUT2D eigenvalue weighted by Gasteiger charge is -2.07. The van der Waals surface area contributed by atoms with E-state index in [4.69, 9.17) is 0 Å². The number of carbonyl (C=O) groups is 1. The number of ether oxygens (including phenoxy) is 1. The third kappa shape index (κ3) is 7.46. The molecule has 0 rings (SSSR count). The Morgan fingerprint density at radius 1 is 1.70 bits per heavy atom. The van der Waals surface area contributed by atoms with Gasteiger partial charge in [0.15, 0.2) is 0 Å². The Balaban J connectivity index is 0. The fourth-order valence-corrected chi connectivity index (χ4v) is 0.252. The lowest BCUT2D eigenvalue weighted by molar-refractivity contribution is -0.141. The van der Waals surface area contributed by atoms with Crippen molar-refractivity contribution in [1.82, 2.24) is 4.90 Å². The predicted octanol–water partition coefficient (Wildman–Crippen LogP) is 0.656. The Morgan fingerprint density at radius 2 is 2.20 bits per heavy atom. The molecule has 0 N–H and O–H groups in total. The van der Waals surface area contributed by atoms with Gasteiger partial charge in [0.05, 0.1) is 0 Å². The van der Waals surface area contributed by atoms with E-state index in [1.807, 2.05) is 14.1 Å². The first-order chi connectivity index (χ1) is 4.16. The first kappa shape index (κ1) is 12.2. The molecule has 0 fully saturated rings. The minimum absolute atomic E-state index is 0. The summed E-state index contributed by atoms with van der Waals surface area (Å²) in [5, 5.41) is 0. The second-order valence-electron chi connectivity index (χ2n) is 1.88. The van der Waals surface area contributed by atoms with Gasteiger partial charge in [-0.3, -0.25) is 4.90 Å². The zero-order valence-corrected chi connectivity index (χ0v) is 6.98. The van der Waals surface area contributed by atoms with E-state index >= 15 is 0 Å². The lowest BCUT2D eigenvalue weighted by Crippen LogP contribution is -2.18. The average molecular weight is 166 g/mol. The Labute approximate surface area is 67.1 Å². The van der Waals surface area contributed by atoms with Crippen LogP contribution >= 0.6 is 12.4 Å². The molecule has 0 bridgehead atoms. The first-order valence-corrected chi connectivity index (χ1v) is 2.60. The van der Waals surface area contributed by atoms with Crippen molar-refractivity contribution in [2.24, 2.45) is 0 Å². The molecule has 0 heterocycles. The van der Waals surface area contributed by atoms with E-state index in [9.17, 15) is 4.79 Å². The van der Waals surface area contributed by atoms with Crippen molar-refractivity contribution in [1.29, 1.82) is 0 Å². The van der Waals surface area contributed by atoms with Crippen LogP contribution in [0.4, 0.5) is 0 Å². The van der Waals surface area contributed by atoms with Gasteiger partial charge in [-0.2, -0.15) is 0 Å². The molecule has 10 heavy (non-hydrogen) atoms. The van der Waals surface area contributed by atoms with Crippen LogP contribution < -0.4 is 0 Å². The van der Waals surface area contributed by atoms with Crippen LogP contribution in [0.2, 0.25) is 0 Å². The standard InChI is InChI=1S/C6H11NO2.ClH/c1-4-6(8)9-5-7(2)3;/h4H,1,5H2,2-3H3;1H. The maximum atomic E-state index is 10.3. The van der Waals surface area contributed by atoms with Crippen LogP contribution in [0.25, 0.3) is 0 Å². The van der Waals surface area contributed by atoms with Crippen LogP contribution in [-0.2, 0) is 9.53 Å². The molecular weight excluding hydrogens is 154 g/mol. The van der Waals surface area contributed by atoms with Gasteiger partial charge in [-0.15, -0.1) is 12.4 Å². The molecule has 60 valence electrons. The van der Waals surface area contributed by atoms with Crippen molar-refractivity contribution >= 4 is 18.4 Å². The molecule has 0 radical (unpaired) electrons. The van der Waals surface area contributed by atoms with Gasteiger partial charge in [0.2, 0.25) is 0 Å². The number of esters is 1. The minimum Gasteiger partial charge on any atom is -0.446 e. The van der Waals surface area contributed by atoms with Crippen molar-refractivity contribution in [3.8, 4) is 0 Å². The zero-order valence-electron chi connectivity index (χ0n) is 6.16. The summed E-state index contributed by atoms with van der Waals surface area (Å²) in [5.74, 6) is -0.385. The van der Waals surface area contributed by atoms with Gasteiger partial charge in [-0.05, 0) is 14.1 Å². The van der Waals surface area contributed by atoms with Gasteiger partial charge in [-0.25, -0.2) is 4.79 Å². The molecule has 0 aromatic carbocycles. The van der Waals surface area contributed by atoms with Gasteiger partial charge in [0.1, 0.15) is 6.73 Å². The number of halogens is 1. The van der Waals surface area contributed by atoms with Gasteiger partial charge in [0.25, 0.3) is 0 Å². The number of nitrogens with zero attached hydrogens (tertiary/aromatic N) is 1. The van der Waals surface area contributed by atoms with Crippen LogP contribution in [0.1, 0.15) is 0 Å². The SMILES string of the molecule is C=CC(=O)OCN(C)C.Cl. The summed E-state index contributed by atoms with van der Waals surface area (Å²) in [4.78, 5) is 12.1. The average Bonchev–Trinajstić information content (AvgIpc) is 1.83. The number of rotatable bonds is 3. The highest BCUT2D eigenvalue weighted by atomic mass is 35.5. The molecule has 0 aliphatic rings. The normalized spacial score (nSPS) is 8.30. The Morgan fingerprint density at radius 3 is 2.50 bits per heavy atom. The number of hydrogen-bond donors (Lipinski definition) is 0. The molecule has 0 unspecified atom stereocenters. The molecule has 0 saturated carbocycles. The van der Waals surface area contributed by atoms with Crippen molar-refractivity contribution in [2.45, 2.75) is 0 Å². The largest absolute Gasteiger partial charge is 0.446 e.